The number of nitrogens with zero attached hydrogens (tertiary/aromatic N) is 1. The fourth-order valence-corrected chi connectivity index (χ4v) is 2.57. The molecular weight excluding hydrogens is 210 g/mol. The maximum absolute atomic E-state index is 10.7. The third-order valence-electron chi connectivity index (χ3n) is 2.87. The molecule has 15 heavy (non-hydrogen) atoms. The van der Waals surface area contributed by atoms with Crippen LogP contribution in [0.3, 0.4) is 0 Å². The first kappa shape index (κ1) is 10.6. The smallest absolute Gasteiger partial charge is 0.317 e. The highest BCUT2D eigenvalue weighted by Gasteiger charge is 2.26. The van der Waals surface area contributed by atoms with E-state index in [0.29, 0.717) is 6.04 Å². The zero-order valence-corrected chi connectivity index (χ0v) is 9.37. The molecule has 2 rings (SSSR count). The predicted octanol–water partition coefficient (Wildman–Crippen LogP) is 2.19. The van der Waals surface area contributed by atoms with Gasteiger partial charge in [-0.05, 0) is 24.3 Å². The van der Waals surface area contributed by atoms with Gasteiger partial charge in [-0.25, -0.2) is 0 Å². The fraction of sp³-hybridized carbons (Fsp3) is 0.545. The number of carbonyl (C=O) groups is 1. The third kappa shape index (κ3) is 2.79. The van der Waals surface area contributed by atoms with E-state index in [1.54, 1.807) is 11.3 Å². The average Bonchev–Trinajstić information content (AvgIpc) is 2.51. The first-order chi connectivity index (χ1) is 7.25. The van der Waals surface area contributed by atoms with Crippen molar-refractivity contribution in [1.29, 1.82) is 0 Å². The van der Waals surface area contributed by atoms with Crippen LogP contribution in [0.1, 0.15) is 24.1 Å². The van der Waals surface area contributed by atoms with Crippen LogP contribution < -0.4 is 0 Å². The Hall–Kier alpha value is -0.870. The Morgan fingerprint density at radius 3 is 2.87 bits per heavy atom. The Labute approximate surface area is 93.3 Å². The number of carboxylic acids is 1. The van der Waals surface area contributed by atoms with Gasteiger partial charge in [0, 0.05) is 17.5 Å². The van der Waals surface area contributed by atoms with E-state index >= 15 is 0 Å². The number of hydrogen-bond donors (Lipinski definition) is 1. The first-order valence-corrected chi connectivity index (χ1v) is 6.12. The summed E-state index contributed by atoms with van der Waals surface area (Å²) >= 11 is 1.70. The molecule has 1 aromatic heterocycles. The molecule has 0 radical (unpaired) electrons. The molecule has 1 saturated carbocycles. The number of rotatable bonds is 5. The van der Waals surface area contributed by atoms with Crippen molar-refractivity contribution in [3.8, 4) is 0 Å². The minimum atomic E-state index is -0.724. The molecule has 1 heterocycles. The molecule has 0 aromatic carbocycles. The van der Waals surface area contributed by atoms with Crippen molar-refractivity contribution in [2.45, 2.75) is 31.8 Å². The van der Waals surface area contributed by atoms with Crippen LogP contribution >= 0.6 is 11.3 Å². The highest BCUT2D eigenvalue weighted by molar-refractivity contribution is 7.09. The normalized spacial score (nSPS) is 16.6. The second kappa shape index (κ2) is 4.77. The summed E-state index contributed by atoms with van der Waals surface area (Å²) in [7, 11) is 0. The van der Waals surface area contributed by atoms with E-state index in [9.17, 15) is 4.79 Å². The lowest BCUT2D eigenvalue weighted by Crippen LogP contribution is -2.42. The summed E-state index contributed by atoms with van der Waals surface area (Å²) in [5.74, 6) is -0.724. The molecule has 1 aliphatic carbocycles. The lowest BCUT2D eigenvalue weighted by molar-refractivity contribution is -0.139. The topological polar surface area (TPSA) is 40.5 Å². The minimum absolute atomic E-state index is 0.169. The van der Waals surface area contributed by atoms with Gasteiger partial charge in [-0.2, -0.15) is 0 Å². The standard InChI is InChI=1S/C11H15NO2S/c13-11(14)8-12(9-3-1-4-9)7-10-5-2-6-15-10/h2,5-6,9H,1,3-4,7-8H2,(H,13,14). The molecule has 0 saturated heterocycles. The maximum atomic E-state index is 10.7. The predicted molar refractivity (Wildman–Crippen MR) is 60.0 cm³/mol. The third-order valence-corrected chi connectivity index (χ3v) is 3.73. The van der Waals surface area contributed by atoms with E-state index in [2.05, 4.69) is 11.0 Å². The van der Waals surface area contributed by atoms with Gasteiger partial charge in [0.25, 0.3) is 0 Å². The van der Waals surface area contributed by atoms with Crippen LogP contribution in [0.2, 0.25) is 0 Å². The number of thiophene rings is 1. The highest BCUT2D eigenvalue weighted by atomic mass is 32.1. The van der Waals surface area contributed by atoms with E-state index in [1.807, 2.05) is 11.4 Å². The van der Waals surface area contributed by atoms with Crippen LogP contribution in [0.15, 0.2) is 17.5 Å². The van der Waals surface area contributed by atoms with Gasteiger partial charge in [0.05, 0.1) is 6.54 Å². The zero-order valence-electron chi connectivity index (χ0n) is 8.56. The lowest BCUT2D eigenvalue weighted by Gasteiger charge is -2.36. The molecule has 1 fully saturated rings. The van der Waals surface area contributed by atoms with E-state index in [-0.39, 0.29) is 6.54 Å². The van der Waals surface area contributed by atoms with Crippen LogP contribution in [0.25, 0.3) is 0 Å². The average molecular weight is 225 g/mol. The largest absolute Gasteiger partial charge is 0.480 e. The van der Waals surface area contributed by atoms with Gasteiger partial charge < -0.3 is 5.11 Å². The molecule has 3 nitrogen and oxygen atoms in total. The molecule has 1 N–H and O–H groups in total. The molecule has 4 heteroatoms. The number of aliphatic carboxylic acids is 1. The molecule has 0 spiro atoms. The van der Waals surface area contributed by atoms with Crippen LogP contribution in [0.5, 0.6) is 0 Å². The summed E-state index contributed by atoms with van der Waals surface area (Å²) in [6.45, 7) is 0.956. The van der Waals surface area contributed by atoms with Gasteiger partial charge in [-0.15, -0.1) is 11.3 Å². The van der Waals surface area contributed by atoms with E-state index in [0.717, 1.165) is 19.4 Å². The second-order valence-corrected chi connectivity index (χ2v) is 5.00. The van der Waals surface area contributed by atoms with Crippen LogP contribution in [0, 0.1) is 0 Å². The van der Waals surface area contributed by atoms with Crippen molar-refractivity contribution in [3.63, 3.8) is 0 Å². The lowest BCUT2D eigenvalue weighted by atomic mass is 9.91. The van der Waals surface area contributed by atoms with Gasteiger partial charge in [0.15, 0.2) is 0 Å². The first-order valence-electron chi connectivity index (χ1n) is 5.24. The summed E-state index contributed by atoms with van der Waals surface area (Å²) in [6.07, 6.45) is 3.54. The summed E-state index contributed by atoms with van der Waals surface area (Å²) in [4.78, 5) is 14.1. The van der Waals surface area contributed by atoms with Gasteiger partial charge in [-0.3, -0.25) is 9.69 Å². The fourth-order valence-electron chi connectivity index (χ4n) is 1.84. The number of hydrogen-bond acceptors (Lipinski definition) is 3. The monoisotopic (exact) mass is 225 g/mol. The molecule has 0 bridgehead atoms. The zero-order chi connectivity index (χ0) is 10.7. The van der Waals surface area contributed by atoms with Crippen molar-refractivity contribution in [1.82, 2.24) is 4.90 Å². The van der Waals surface area contributed by atoms with Gasteiger partial charge in [0.2, 0.25) is 0 Å². The van der Waals surface area contributed by atoms with Crippen LogP contribution in [-0.4, -0.2) is 28.6 Å². The van der Waals surface area contributed by atoms with E-state index in [1.165, 1.54) is 11.3 Å². The summed E-state index contributed by atoms with van der Waals surface area (Å²) in [5, 5.41) is 10.9. The molecule has 0 unspecified atom stereocenters. The number of carboxylic acid groups (broad SMARTS) is 1. The minimum Gasteiger partial charge on any atom is -0.480 e. The van der Waals surface area contributed by atoms with Crippen molar-refractivity contribution >= 4 is 17.3 Å². The van der Waals surface area contributed by atoms with Crippen LogP contribution in [-0.2, 0) is 11.3 Å². The van der Waals surface area contributed by atoms with Gasteiger partial charge in [-0.1, -0.05) is 12.5 Å². The van der Waals surface area contributed by atoms with Gasteiger partial charge in [0.1, 0.15) is 0 Å². The van der Waals surface area contributed by atoms with E-state index in [4.69, 9.17) is 5.11 Å². The second-order valence-electron chi connectivity index (χ2n) is 3.96. The Balaban J connectivity index is 1.95. The van der Waals surface area contributed by atoms with Crippen molar-refractivity contribution in [2.75, 3.05) is 6.54 Å². The van der Waals surface area contributed by atoms with Crippen LogP contribution in [0.4, 0.5) is 0 Å². The van der Waals surface area contributed by atoms with Crippen molar-refractivity contribution in [3.05, 3.63) is 22.4 Å². The molecule has 1 aromatic rings. The highest BCUT2D eigenvalue weighted by Crippen LogP contribution is 2.26. The van der Waals surface area contributed by atoms with Crippen molar-refractivity contribution < 1.29 is 9.90 Å². The quantitative estimate of drug-likeness (QED) is 0.835. The van der Waals surface area contributed by atoms with Gasteiger partial charge >= 0.3 is 5.97 Å². The molecular formula is C11H15NO2S. The summed E-state index contributed by atoms with van der Waals surface area (Å²) in [5.41, 5.74) is 0. The molecule has 1 aliphatic rings. The summed E-state index contributed by atoms with van der Waals surface area (Å²) < 4.78 is 0. The molecule has 0 amide bonds. The molecule has 82 valence electrons. The Kier molecular flexibility index (Phi) is 3.38. The molecule has 0 atom stereocenters. The van der Waals surface area contributed by atoms with Crippen molar-refractivity contribution in [2.24, 2.45) is 0 Å². The SMILES string of the molecule is O=C(O)CN(Cc1cccs1)C1CCC1. The Morgan fingerprint density at radius 1 is 1.60 bits per heavy atom. The maximum Gasteiger partial charge on any atom is 0.317 e. The Bertz CT molecular complexity index is 319. The van der Waals surface area contributed by atoms with E-state index < -0.39 is 5.97 Å². The summed E-state index contributed by atoms with van der Waals surface area (Å²) in [6, 6.07) is 4.57. The molecule has 0 aliphatic heterocycles. The Morgan fingerprint density at radius 2 is 2.40 bits per heavy atom.